The molecule has 0 unspecified atom stereocenters. The van der Waals surface area contributed by atoms with Crippen molar-refractivity contribution in [1.29, 1.82) is 0 Å². The summed E-state index contributed by atoms with van der Waals surface area (Å²) >= 11 is 5.78. The van der Waals surface area contributed by atoms with Crippen LogP contribution in [0.5, 0.6) is 5.75 Å². The number of benzene rings is 1. The SMILES string of the molecule is C#CCCCN1CN([C@H](C=C)COC)C(=O)c2c(O)c(=O)c(C(=O)NCc3cccc(Cl)c3F)cn21. The smallest absolute Gasteiger partial charge is 0.278 e. The molecule has 1 atom stereocenters. The highest BCUT2D eigenvalue weighted by atomic mass is 35.5. The summed E-state index contributed by atoms with van der Waals surface area (Å²) in [5.74, 6) is -0.519. The van der Waals surface area contributed by atoms with Crippen molar-refractivity contribution < 1.29 is 23.8 Å². The number of aromatic nitrogens is 1. The first-order valence-corrected chi connectivity index (χ1v) is 11.4. The number of rotatable bonds is 10. The third kappa shape index (κ3) is 5.37. The zero-order valence-corrected chi connectivity index (χ0v) is 20.4. The molecule has 2 aromatic rings. The Labute approximate surface area is 212 Å². The van der Waals surface area contributed by atoms with Crippen LogP contribution in [0.1, 0.15) is 39.3 Å². The second kappa shape index (κ2) is 11.7. The van der Waals surface area contributed by atoms with E-state index < -0.39 is 40.4 Å². The lowest BCUT2D eigenvalue weighted by molar-refractivity contribution is 0.0526. The summed E-state index contributed by atoms with van der Waals surface area (Å²) in [6.07, 6.45) is 9.08. The van der Waals surface area contributed by atoms with E-state index in [1.807, 2.05) is 0 Å². The Morgan fingerprint density at radius 1 is 1.44 bits per heavy atom. The van der Waals surface area contributed by atoms with Crippen LogP contribution >= 0.6 is 11.6 Å². The van der Waals surface area contributed by atoms with Gasteiger partial charge in [-0.15, -0.1) is 18.9 Å². The van der Waals surface area contributed by atoms with E-state index >= 15 is 0 Å². The molecule has 11 heteroatoms. The van der Waals surface area contributed by atoms with Crippen molar-refractivity contribution in [3.8, 4) is 18.1 Å². The molecule has 0 radical (unpaired) electrons. The fourth-order valence-electron chi connectivity index (χ4n) is 3.83. The molecule has 1 aromatic carbocycles. The molecule has 0 saturated heterocycles. The maximum atomic E-state index is 14.2. The Kier molecular flexibility index (Phi) is 8.74. The average molecular weight is 517 g/mol. The second-order valence-electron chi connectivity index (χ2n) is 8.02. The molecule has 9 nitrogen and oxygen atoms in total. The Morgan fingerprint density at radius 2 is 2.19 bits per heavy atom. The molecule has 0 saturated carbocycles. The number of ether oxygens (including phenoxy) is 1. The maximum Gasteiger partial charge on any atom is 0.278 e. The Hall–Kier alpha value is -3.81. The van der Waals surface area contributed by atoms with Gasteiger partial charge >= 0.3 is 0 Å². The molecule has 0 aliphatic carbocycles. The lowest BCUT2D eigenvalue weighted by atomic mass is 10.1. The predicted molar refractivity (Wildman–Crippen MR) is 133 cm³/mol. The lowest BCUT2D eigenvalue weighted by Crippen LogP contribution is -2.58. The summed E-state index contributed by atoms with van der Waals surface area (Å²) < 4.78 is 20.6. The van der Waals surface area contributed by atoms with Gasteiger partial charge in [-0.05, 0) is 12.5 Å². The summed E-state index contributed by atoms with van der Waals surface area (Å²) in [7, 11) is 1.48. The van der Waals surface area contributed by atoms with Gasteiger partial charge in [0.15, 0.2) is 11.4 Å². The molecule has 0 bridgehead atoms. The highest BCUT2D eigenvalue weighted by Gasteiger charge is 2.36. The van der Waals surface area contributed by atoms with Gasteiger partial charge in [-0.3, -0.25) is 24.1 Å². The molecule has 1 aliphatic rings. The Balaban J connectivity index is 1.99. The number of unbranched alkanes of at least 4 members (excludes halogenated alkanes) is 1. The minimum atomic E-state index is -1.04. The number of amides is 2. The number of carbonyl (C=O) groups is 2. The summed E-state index contributed by atoms with van der Waals surface area (Å²) in [5, 5.41) is 14.8. The van der Waals surface area contributed by atoms with E-state index in [9.17, 15) is 23.9 Å². The zero-order chi connectivity index (χ0) is 26.4. The Morgan fingerprint density at radius 3 is 2.86 bits per heavy atom. The van der Waals surface area contributed by atoms with Gasteiger partial charge in [0.2, 0.25) is 5.43 Å². The minimum absolute atomic E-state index is 0.0630. The normalized spacial score (nSPS) is 13.7. The summed E-state index contributed by atoms with van der Waals surface area (Å²) in [6, 6.07) is 3.80. The first-order chi connectivity index (χ1) is 17.2. The number of hydrogen-bond acceptors (Lipinski definition) is 6. The lowest BCUT2D eigenvalue weighted by Gasteiger charge is -2.42. The molecular weight excluding hydrogens is 491 g/mol. The number of aromatic hydroxyl groups is 1. The number of terminal acetylenes is 1. The largest absolute Gasteiger partial charge is 0.502 e. The van der Waals surface area contributed by atoms with Crippen LogP contribution in [-0.2, 0) is 11.3 Å². The second-order valence-corrected chi connectivity index (χ2v) is 8.43. The van der Waals surface area contributed by atoms with Crippen molar-refractivity contribution in [2.75, 3.05) is 31.9 Å². The van der Waals surface area contributed by atoms with E-state index in [4.69, 9.17) is 22.8 Å². The molecular formula is C25H26ClFN4O5. The third-order valence-electron chi connectivity index (χ3n) is 5.71. The van der Waals surface area contributed by atoms with Gasteiger partial charge in [-0.1, -0.05) is 29.8 Å². The van der Waals surface area contributed by atoms with Crippen molar-refractivity contribution in [3.63, 3.8) is 0 Å². The number of fused-ring (bicyclic) bond motifs is 1. The topological polar surface area (TPSA) is 104 Å². The van der Waals surface area contributed by atoms with Crippen molar-refractivity contribution in [3.05, 3.63) is 74.9 Å². The van der Waals surface area contributed by atoms with Crippen molar-refractivity contribution >= 4 is 23.4 Å². The van der Waals surface area contributed by atoms with Crippen LogP contribution in [0.4, 0.5) is 4.39 Å². The number of nitrogens with zero attached hydrogens (tertiary/aromatic N) is 3. The molecule has 3 rings (SSSR count). The molecule has 36 heavy (non-hydrogen) atoms. The highest BCUT2D eigenvalue weighted by molar-refractivity contribution is 6.30. The quantitative estimate of drug-likeness (QED) is 0.285. The van der Waals surface area contributed by atoms with E-state index in [0.29, 0.717) is 19.4 Å². The van der Waals surface area contributed by atoms with Gasteiger partial charge in [0, 0.05) is 38.4 Å². The van der Waals surface area contributed by atoms with Crippen LogP contribution in [0.2, 0.25) is 5.02 Å². The molecule has 0 fully saturated rings. The fourth-order valence-corrected chi connectivity index (χ4v) is 4.02. The highest BCUT2D eigenvalue weighted by Crippen LogP contribution is 2.24. The summed E-state index contributed by atoms with van der Waals surface area (Å²) in [5.41, 5.74) is -1.63. The van der Waals surface area contributed by atoms with Crippen molar-refractivity contribution in [2.24, 2.45) is 0 Å². The molecule has 0 spiro atoms. The van der Waals surface area contributed by atoms with Gasteiger partial charge in [-0.2, -0.15) is 0 Å². The first kappa shape index (κ1) is 26.8. The number of pyridine rings is 1. The third-order valence-corrected chi connectivity index (χ3v) is 6.00. The summed E-state index contributed by atoms with van der Waals surface area (Å²) in [6.45, 7) is 4.07. The minimum Gasteiger partial charge on any atom is -0.502 e. The van der Waals surface area contributed by atoms with E-state index in [1.165, 1.54) is 47.2 Å². The molecule has 1 aromatic heterocycles. The van der Waals surface area contributed by atoms with Gasteiger partial charge in [-0.25, -0.2) is 4.39 Å². The van der Waals surface area contributed by atoms with Crippen molar-refractivity contribution in [2.45, 2.75) is 25.4 Å². The van der Waals surface area contributed by atoms with Crippen LogP contribution in [0, 0.1) is 18.2 Å². The van der Waals surface area contributed by atoms with E-state index in [-0.39, 0.29) is 36.1 Å². The van der Waals surface area contributed by atoms with Crippen LogP contribution in [0.3, 0.4) is 0 Å². The number of hydrogen-bond donors (Lipinski definition) is 2. The maximum absolute atomic E-state index is 14.2. The molecule has 2 heterocycles. The van der Waals surface area contributed by atoms with Crippen LogP contribution in [0.25, 0.3) is 0 Å². The van der Waals surface area contributed by atoms with E-state index in [0.717, 1.165) is 0 Å². The van der Waals surface area contributed by atoms with Gasteiger partial charge in [0.25, 0.3) is 11.8 Å². The van der Waals surface area contributed by atoms with Gasteiger partial charge in [0.1, 0.15) is 18.0 Å². The molecule has 2 N–H and O–H groups in total. The van der Waals surface area contributed by atoms with Crippen LogP contribution in [0.15, 0.2) is 41.8 Å². The predicted octanol–water partition coefficient (Wildman–Crippen LogP) is 2.24. The number of carbonyl (C=O) groups excluding carboxylic acids is 2. The first-order valence-electron chi connectivity index (χ1n) is 11.1. The zero-order valence-electron chi connectivity index (χ0n) is 19.7. The Bertz CT molecular complexity index is 1270. The monoisotopic (exact) mass is 516 g/mol. The van der Waals surface area contributed by atoms with Crippen LogP contribution in [-0.4, -0.2) is 59.5 Å². The van der Waals surface area contributed by atoms with E-state index in [2.05, 4.69) is 17.8 Å². The molecule has 190 valence electrons. The number of methoxy groups -OCH3 is 1. The van der Waals surface area contributed by atoms with Crippen LogP contribution < -0.4 is 15.8 Å². The molecule has 2 amide bonds. The number of nitrogens with one attached hydrogen (secondary N) is 1. The van der Waals surface area contributed by atoms with Gasteiger partial charge < -0.3 is 20.1 Å². The van der Waals surface area contributed by atoms with Crippen molar-refractivity contribution in [1.82, 2.24) is 14.9 Å². The standard InChI is InChI=1S/C25H26ClFN4O5/c1-4-6-7-11-29-15-30(17(5-2)14-36-3)25(35)21-23(33)22(32)18(13-31(21)29)24(34)28-12-16-9-8-10-19(26)20(16)27/h1,5,8-10,13,17,33H,2,6-7,11-12,14-15H2,3H3,(H,28,34)/t17-/m1/s1. The summed E-state index contributed by atoms with van der Waals surface area (Å²) in [4.78, 5) is 40.5. The van der Waals surface area contributed by atoms with E-state index in [1.54, 1.807) is 5.01 Å². The number of halogens is 2. The van der Waals surface area contributed by atoms with Gasteiger partial charge in [0.05, 0.1) is 17.7 Å². The average Bonchev–Trinajstić information content (AvgIpc) is 2.86. The molecule has 1 aliphatic heterocycles. The fraction of sp³-hybridized carbons (Fsp3) is 0.320.